The van der Waals surface area contributed by atoms with Crippen molar-refractivity contribution >= 4 is 28.9 Å². The van der Waals surface area contributed by atoms with Crippen molar-refractivity contribution in [2.75, 3.05) is 29.6 Å². The molecule has 2 amide bonds. The van der Waals surface area contributed by atoms with Gasteiger partial charge in [0.2, 0.25) is 0 Å². The van der Waals surface area contributed by atoms with Crippen molar-refractivity contribution in [3.63, 3.8) is 0 Å². The number of benzene rings is 2. The zero-order valence-corrected chi connectivity index (χ0v) is 21.7. The van der Waals surface area contributed by atoms with Gasteiger partial charge in [-0.1, -0.05) is 42.5 Å². The van der Waals surface area contributed by atoms with Gasteiger partial charge in [0.15, 0.2) is 12.2 Å². The standard InChI is InChI=1S/C29H31N5O5/c1-3-14-33-24-12-11-22(34-25-9-4-5-10-26(25)39-19-27(34)36)17-23(24)29(38,28(33)37)20(2)8-6-7-15-32-18-21(13-16-35)30-31-32/h3-6,8-12,17-18,20,35,38H,1,7,13-16,19H2,2H3/b8-6+/t20-,29+/m1/s1. The van der Waals surface area contributed by atoms with Crippen LogP contribution >= 0.6 is 0 Å². The molecule has 2 atom stereocenters. The van der Waals surface area contributed by atoms with E-state index in [1.807, 2.05) is 24.3 Å². The number of hydrogen-bond acceptors (Lipinski definition) is 7. The molecule has 2 aromatic carbocycles. The quantitative estimate of drug-likeness (QED) is 0.388. The molecule has 0 aliphatic carbocycles. The van der Waals surface area contributed by atoms with Gasteiger partial charge in [-0.2, -0.15) is 0 Å². The van der Waals surface area contributed by atoms with Crippen LogP contribution in [0, 0.1) is 5.92 Å². The van der Waals surface area contributed by atoms with Crippen LogP contribution in [0.4, 0.5) is 17.1 Å². The maximum atomic E-state index is 13.6. The van der Waals surface area contributed by atoms with Gasteiger partial charge in [0.1, 0.15) is 5.75 Å². The third-order valence-corrected chi connectivity index (χ3v) is 7.09. The maximum Gasteiger partial charge on any atom is 0.269 e. The molecule has 10 heteroatoms. The van der Waals surface area contributed by atoms with Crippen molar-refractivity contribution in [3.8, 4) is 5.75 Å². The zero-order valence-electron chi connectivity index (χ0n) is 21.7. The molecule has 39 heavy (non-hydrogen) atoms. The molecule has 3 aromatic rings. The molecule has 0 radical (unpaired) electrons. The summed E-state index contributed by atoms with van der Waals surface area (Å²) in [4.78, 5) is 29.6. The van der Waals surface area contributed by atoms with Crippen LogP contribution in [-0.4, -0.2) is 56.8 Å². The summed E-state index contributed by atoms with van der Waals surface area (Å²) in [6, 6.07) is 12.5. The lowest BCUT2D eigenvalue weighted by atomic mass is 9.82. The van der Waals surface area contributed by atoms with Gasteiger partial charge in [0.25, 0.3) is 11.8 Å². The summed E-state index contributed by atoms with van der Waals surface area (Å²) in [5, 5.41) is 29.1. The van der Waals surface area contributed by atoms with Gasteiger partial charge in [0.05, 0.1) is 17.1 Å². The first-order valence-corrected chi connectivity index (χ1v) is 12.9. The van der Waals surface area contributed by atoms with Crippen LogP contribution in [0.1, 0.15) is 24.6 Å². The summed E-state index contributed by atoms with van der Waals surface area (Å²) in [6.45, 7) is 6.28. The third kappa shape index (κ3) is 4.73. The average Bonchev–Trinajstić information content (AvgIpc) is 3.48. The summed E-state index contributed by atoms with van der Waals surface area (Å²) in [7, 11) is 0. The van der Waals surface area contributed by atoms with Crippen LogP contribution in [0.25, 0.3) is 0 Å². The van der Waals surface area contributed by atoms with Crippen molar-refractivity contribution in [2.24, 2.45) is 5.92 Å². The molecule has 0 unspecified atom stereocenters. The Bertz CT molecular complexity index is 1430. The van der Waals surface area contributed by atoms with Crippen LogP contribution in [0.2, 0.25) is 0 Å². The smallest absolute Gasteiger partial charge is 0.269 e. The summed E-state index contributed by atoms with van der Waals surface area (Å²) < 4.78 is 7.28. The number of nitrogens with zero attached hydrogens (tertiary/aromatic N) is 5. The molecule has 1 aromatic heterocycles. The van der Waals surface area contributed by atoms with Gasteiger partial charge < -0.3 is 19.8 Å². The van der Waals surface area contributed by atoms with Crippen molar-refractivity contribution < 1.29 is 24.5 Å². The summed E-state index contributed by atoms with van der Waals surface area (Å²) in [5.41, 5.74) is 1.05. The van der Waals surface area contributed by atoms with Gasteiger partial charge in [-0.25, -0.2) is 0 Å². The molecule has 2 N–H and O–H groups in total. The lowest BCUT2D eigenvalue weighted by Crippen LogP contribution is -2.44. The molecule has 0 bridgehead atoms. The van der Waals surface area contributed by atoms with Crippen LogP contribution in [0.5, 0.6) is 5.75 Å². The predicted octanol–water partition coefficient (Wildman–Crippen LogP) is 2.87. The fraction of sp³-hybridized carbons (Fsp3) is 0.310. The van der Waals surface area contributed by atoms with Crippen molar-refractivity contribution in [1.82, 2.24) is 15.0 Å². The van der Waals surface area contributed by atoms with Crippen molar-refractivity contribution in [3.05, 3.63) is 84.7 Å². The normalized spacial score (nSPS) is 19.3. The Hall–Kier alpha value is -4.28. The number of anilines is 3. The molecule has 2 aliphatic rings. The molecular weight excluding hydrogens is 498 g/mol. The van der Waals surface area contributed by atoms with E-state index in [0.29, 0.717) is 47.8 Å². The number of aliphatic hydroxyl groups excluding tert-OH is 1. The molecule has 2 aliphatic heterocycles. The van der Waals surface area contributed by atoms with E-state index in [0.717, 1.165) is 5.69 Å². The van der Waals surface area contributed by atoms with E-state index in [1.54, 1.807) is 59.1 Å². The number of carbonyl (C=O) groups excluding carboxylic acids is 2. The lowest BCUT2D eigenvalue weighted by molar-refractivity contribution is -0.139. The second-order valence-electron chi connectivity index (χ2n) is 9.61. The van der Waals surface area contributed by atoms with Gasteiger partial charge in [-0.3, -0.25) is 19.2 Å². The van der Waals surface area contributed by atoms with Gasteiger partial charge in [-0.15, -0.1) is 11.7 Å². The minimum atomic E-state index is -1.83. The molecule has 0 fully saturated rings. The van der Waals surface area contributed by atoms with E-state index in [-0.39, 0.29) is 25.7 Å². The number of hydrogen-bond donors (Lipinski definition) is 2. The number of aliphatic hydroxyl groups is 2. The largest absolute Gasteiger partial charge is 0.482 e. The van der Waals surface area contributed by atoms with Gasteiger partial charge in [-0.05, 0) is 36.8 Å². The average molecular weight is 530 g/mol. The van der Waals surface area contributed by atoms with E-state index >= 15 is 0 Å². The molecular formula is C29H31N5O5. The Balaban J connectivity index is 1.44. The number of amides is 2. The first kappa shape index (κ1) is 26.3. The van der Waals surface area contributed by atoms with E-state index in [2.05, 4.69) is 16.9 Å². The number of ether oxygens (including phenoxy) is 1. The molecule has 0 saturated carbocycles. The fourth-order valence-corrected chi connectivity index (χ4v) is 5.09. The van der Waals surface area contributed by atoms with E-state index in [1.165, 1.54) is 4.90 Å². The fourth-order valence-electron chi connectivity index (χ4n) is 5.09. The number of fused-ring (bicyclic) bond motifs is 2. The number of aryl methyl sites for hydroxylation is 1. The topological polar surface area (TPSA) is 121 Å². The second kappa shape index (κ2) is 10.8. The lowest BCUT2D eigenvalue weighted by Gasteiger charge is -2.31. The molecule has 3 heterocycles. The van der Waals surface area contributed by atoms with E-state index < -0.39 is 17.4 Å². The molecule has 5 rings (SSSR count). The Morgan fingerprint density at radius 2 is 2.03 bits per heavy atom. The highest BCUT2D eigenvalue weighted by atomic mass is 16.5. The SMILES string of the molecule is C=CCN1C(=O)[C@](O)([C@H](C)/C=C/CCn2cc(CCO)nn2)c2cc(N3C(=O)COc4ccccc43)ccc21. The highest BCUT2D eigenvalue weighted by Gasteiger charge is 2.52. The number of para-hydroxylation sites is 2. The first-order valence-electron chi connectivity index (χ1n) is 12.9. The number of allylic oxidation sites excluding steroid dienone is 1. The van der Waals surface area contributed by atoms with Crippen LogP contribution in [-0.2, 0) is 28.2 Å². The predicted molar refractivity (Wildman–Crippen MR) is 146 cm³/mol. The summed E-state index contributed by atoms with van der Waals surface area (Å²) in [6.07, 6.45) is 8.20. The molecule has 0 spiro atoms. The highest BCUT2D eigenvalue weighted by Crippen LogP contribution is 2.48. The Morgan fingerprint density at radius 1 is 1.21 bits per heavy atom. The zero-order chi connectivity index (χ0) is 27.6. The molecule has 0 saturated heterocycles. The number of aromatic nitrogens is 3. The number of carbonyl (C=O) groups is 2. The van der Waals surface area contributed by atoms with E-state index in [4.69, 9.17) is 9.84 Å². The minimum Gasteiger partial charge on any atom is -0.482 e. The molecule has 10 nitrogen and oxygen atoms in total. The monoisotopic (exact) mass is 529 g/mol. The highest BCUT2D eigenvalue weighted by molar-refractivity contribution is 6.09. The van der Waals surface area contributed by atoms with Crippen molar-refractivity contribution in [1.29, 1.82) is 0 Å². The van der Waals surface area contributed by atoms with Crippen LogP contribution in [0.3, 0.4) is 0 Å². The number of rotatable bonds is 10. The second-order valence-corrected chi connectivity index (χ2v) is 9.61. The third-order valence-electron chi connectivity index (χ3n) is 7.09. The summed E-state index contributed by atoms with van der Waals surface area (Å²) in [5.74, 6) is -0.662. The Morgan fingerprint density at radius 3 is 2.82 bits per heavy atom. The van der Waals surface area contributed by atoms with Gasteiger partial charge in [0, 0.05) is 49.5 Å². The van der Waals surface area contributed by atoms with Crippen molar-refractivity contribution in [2.45, 2.75) is 31.9 Å². The maximum absolute atomic E-state index is 13.6. The van der Waals surface area contributed by atoms with E-state index in [9.17, 15) is 14.7 Å². The first-order chi connectivity index (χ1) is 18.9. The summed E-state index contributed by atoms with van der Waals surface area (Å²) >= 11 is 0. The Kier molecular flexibility index (Phi) is 7.32. The van der Waals surface area contributed by atoms with Gasteiger partial charge >= 0.3 is 0 Å². The van der Waals surface area contributed by atoms with Crippen LogP contribution < -0.4 is 14.5 Å². The Labute approximate surface area is 226 Å². The molecule has 202 valence electrons. The van der Waals surface area contributed by atoms with Crippen LogP contribution in [0.15, 0.2) is 73.5 Å². The minimum absolute atomic E-state index is 0.0149.